The molecule has 7 rings (SSSR count). The van der Waals surface area contributed by atoms with Gasteiger partial charge in [-0.25, -0.2) is 33.7 Å². The first-order valence-electron chi connectivity index (χ1n) is 13.3. The number of fused-ring (bicyclic) bond motifs is 5. The lowest BCUT2D eigenvalue weighted by Crippen LogP contribution is -2.42. The van der Waals surface area contributed by atoms with Crippen LogP contribution in [0.25, 0.3) is 11.2 Å². The molecule has 3 aromatic heterocycles. The van der Waals surface area contributed by atoms with Crippen LogP contribution in [0.4, 0.5) is 11.6 Å². The summed E-state index contributed by atoms with van der Waals surface area (Å²) in [6, 6.07) is 0. The smallest absolute Gasteiger partial charge is 0.396 e. The van der Waals surface area contributed by atoms with Gasteiger partial charge in [-0.15, -0.1) is 0 Å². The number of phosphoric acid groups is 1. The number of hydrogen-bond acceptors (Lipinski definition) is 16. The number of nitrogens with two attached hydrogens (primary N) is 1. The van der Waals surface area contributed by atoms with Crippen LogP contribution < -0.4 is 10.5 Å². The number of aliphatic imine (C=N–C) groups is 1. The Balaban J connectivity index is 1.19. The second-order valence-corrected chi connectivity index (χ2v) is 13.2. The number of anilines is 1. The van der Waals surface area contributed by atoms with Crippen molar-refractivity contribution >= 4 is 52.9 Å². The van der Waals surface area contributed by atoms with E-state index in [-0.39, 0.29) is 36.0 Å². The van der Waals surface area contributed by atoms with Crippen molar-refractivity contribution < 1.29 is 50.5 Å². The number of carbonyl (C=O) groups excluding carboxylic acids is 1. The summed E-state index contributed by atoms with van der Waals surface area (Å²) in [5.41, 5.74) is 6.56. The average molecular weight is 656 g/mol. The van der Waals surface area contributed by atoms with Gasteiger partial charge in [0.2, 0.25) is 0 Å². The third kappa shape index (κ3) is 5.23. The first-order valence-corrected chi connectivity index (χ1v) is 16.2. The van der Waals surface area contributed by atoms with Crippen LogP contribution in [-0.4, -0.2) is 104 Å². The van der Waals surface area contributed by atoms with Crippen LogP contribution in [0.1, 0.15) is 35.8 Å². The molecule has 8 unspecified atom stereocenters. The maximum absolute atomic E-state index is 13.3. The van der Waals surface area contributed by atoms with Gasteiger partial charge in [-0.05, 0) is 0 Å². The predicted molar refractivity (Wildman–Crippen MR) is 145 cm³/mol. The second kappa shape index (κ2) is 11.0. The van der Waals surface area contributed by atoms with E-state index in [4.69, 9.17) is 28.4 Å². The third-order valence-corrected chi connectivity index (χ3v) is 9.76. The molecule has 0 aromatic carbocycles. The number of Topliss-reactive ketones (excluding diaryl/α,β-unsaturated/α-hetero) is 1. The highest BCUT2D eigenvalue weighted by Crippen LogP contribution is 2.50. The van der Waals surface area contributed by atoms with Gasteiger partial charge in [-0.2, -0.15) is 13.1 Å². The van der Waals surface area contributed by atoms with E-state index in [2.05, 4.69) is 29.7 Å². The zero-order valence-electron chi connectivity index (χ0n) is 22.5. The first-order chi connectivity index (χ1) is 21.0. The lowest BCUT2D eigenvalue weighted by Gasteiger charge is -2.24. The lowest BCUT2D eigenvalue weighted by atomic mass is 9.99. The average Bonchev–Trinajstić information content (AvgIpc) is 3.75. The monoisotopic (exact) mass is 655 g/mol. The number of nitrogen functional groups attached to an aromatic ring is 1. The van der Waals surface area contributed by atoms with E-state index in [1.54, 1.807) is 0 Å². The quantitative estimate of drug-likeness (QED) is 0.250. The minimum absolute atomic E-state index is 0.0224. The first kappa shape index (κ1) is 29.5. The molecule has 0 spiro atoms. The summed E-state index contributed by atoms with van der Waals surface area (Å²) in [6.07, 6.45) is -1.63. The number of aliphatic hydroxyl groups excluding tert-OH is 1. The van der Waals surface area contributed by atoms with Crippen LogP contribution in [0, 0.1) is 5.92 Å². The molecule has 3 saturated heterocycles. The van der Waals surface area contributed by atoms with Gasteiger partial charge in [0.1, 0.15) is 36.4 Å². The van der Waals surface area contributed by atoms with Crippen molar-refractivity contribution in [1.29, 1.82) is 0 Å². The molecule has 2 bridgehead atoms. The predicted octanol–water partition coefficient (Wildman–Crippen LogP) is -0.877. The Hall–Kier alpha value is -3.24. The summed E-state index contributed by atoms with van der Waals surface area (Å²) in [5, 5.41) is 10.2. The van der Waals surface area contributed by atoms with E-state index in [9.17, 15) is 27.8 Å². The van der Waals surface area contributed by atoms with Crippen molar-refractivity contribution in [2.24, 2.45) is 10.9 Å². The highest BCUT2D eigenvalue weighted by molar-refractivity contribution is 7.84. The topological polar surface area (TPSA) is 267 Å². The maximum Gasteiger partial charge on any atom is 0.472 e. The summed E-state index contributed by atoms with van der Waals surface area (Å²) in [4.78, 5) is 43.5. The Bertz CT molecular complexity index is 1800. The molecular formula is C22H26N9O11PS. The van der Waals surface area contributed by atoms with Gasteiger partial charge < -0.3 is 25.2 Å². The van der Waals surface area contributed by atoms with E-state index in [0.717, 1.165) is 0 Å². The van der Waals surface area contributed by atoms with Crippen LogP contribution in [0.5, 0.6) is 0 Å². The molecule has 0 aliphatic carbocycles. The largest absolute Gasteiger partial charge is 0.472 e. The summed E-state index contributed by atoms with van der Waals surface area (Å²) < 4.78 is 73.1. The number of carbonyl (C=O) groups is 1. The van der Waals surface area contributed by atoms with Crippen LogP contribution in [-0.2, 0) is 37.6 Å². The summed E-state index contributed by atoms with van der Waals surface area (Å²) >= 11 is 0. The van der Waals surface area contributed by atoms with E-state index in [0.29, 0.717) is 11.2 Å². The van der Waals surface area contributed by atoms with Gasteiger partial charge in [0.15, 0.2) is 35.0 Å². The molecule has 4 aliphatic heterocycles. The zero-order chi connectivity index (χ0) is 30.8. The van der Waals surface area contributed by atoms with Gasteiger partial charge >= 0.3 is 18.1 Å². The molecule has 5 N–H and O–H groups in total. The van der Waals surface area contributed by atoms with Crippen molar-refractivity contribution in [3.8, 4) is 0 Å². The Morgan fingerprint density at radius 1 is 1.11 bits per heavy atom. The summed E-state index contributed by atoms with van der Waals surface area (Å²) in [6.45, 7) is -1.69. The SMILES string of the molecule is Nc1ncnc2c1ncn2C1CC2OP(=O)(O)OCC3OC(n4cnc5c4N=CCC5=O)C(OS(=O)(=O)NCC2O1)C3CO. The highest BCUT2D eigenvalue weighted by Gasteiger charge is 2.51. The van der Waals surface area contributed by atoms with Crippen molar-refractivity contribution in [2.45, 2.75) is 49.7 Å². The number of ketones is 1. The third-order valence-electron chi connectivity index (χ3n) is 7.75. The normalized spacial score (nSPS) is 35.5. The van der Waals surface area contributed by atoms with Gasteiger partial charge in [0, 0.05) is 31.5 Å². The summed E-state index contributed by atoms with van der Waals surface area (Å²) in [7, 11) is -9.39. The number of aromatic nitrogens is 6. The van der Waals surface area contributed by atoms with Crippen molar-refractivity contribution in [2.75, 3.05) is 25.5 Å². The molecule has 236 valence electrons. The van der Waals surface area contributed by atoms with Gasteiger partial charge in [-0.1, -0.05) is 0 Å². The fourth-order valence-electron chi connectivity index (χ4n) is 5.66. The van der Waals surface area contributed by atoms with Gasteiger partial charge in [-0.3, -0.25) is 23.0 Å². The molecule has 3 aromatic rings. The summed E-state index contributed by atoms with van der Waals surface area (Å²) in [5.74, 6) is -1.13. The van der Waals surface area contributed by atoms with E-state index < -0.39 is 80.7 Å². The number of nitrogens with one attached hydrogen (secondary N) is 1. The molecule has 7 heterocycles. The minimum atomic E-state index is -4.81. The minimum Gasteiger partial charge on any atom is -0.396 e. The number of phosphoric ester groups is 1. The molecule has 3 fully saturated rings. The Kier molecular flexibility index (Phi) is 7.35. The number of hydrogen-bond donors (Lipinski definition) is 4. The Morgan fingerprint density at radius 3 is 2.75 bits per heavy atom. The van der Waals surface area contributed by atoms with Gasteiger partial charge in [0.25, 0.3) is 0 Å². The lowest BCUT2D eigenvalue weighted by molar-refractivity contribution is -0.0515. The van der Waals surface area contributed by atoms with E-state index in [1.807, 2.05) is 0 Å². The van der Waals surface area contributed by atoms with Crippen molar-refractivity contribution in [3.63, 3.8) is 0 Å². The zero-order valence-corrected chi connectivity index (χ0v) is 24.2. The van der Waals surface area contributed by atoms with E-state index >= 15 is 0 Å². The maximum atomic E-state index is 13.3. The molecule has 8 atom stereocenters. The fourth-order valence-corrected chi connectivity index (χ4v) is 7.59. The second-order valence-electron chi connectivity index (χ2n) is 10.4. The van der Waals surface area contributed by atoms with Crippen LogP contribution >= 0.6 is 7.82 Å². The Morgan fingerprint density at radius 2 is 1.93 bits per heavy atom. The van der Waals surface area contributed by atoms with Crippen LogP contribution in [0.2, 0.25) is 0 Å². The fraction of sp³-hybridized carbons (Fsp3) is 0.545. The molecule has 22 heteroatoms. The molecule has 4 aliphatic rings. The van der Waals surface area contributed by atoms with Crippen LogP contribution in [0.3, 0.4) is 0 Å². The highest BCUT2D eigenvalue weighted by atomic mass is 32.2. The van der Waals surface area contributed by atoms with Crippen LogP contribution in [0.15, 0.2) is 24.0 Å². The molecule has 0 amide bonds. The number of ether oxygens (including phenoxy) is 2. The molecule has 44 heavy (non-hydrogen) atoms. The molecule has 20 nitrogen and oxygen atoms in total. The van der Waals surface area contributed by atoms with Crippen molar-refractivity contribution in [3.05, 3.63) is 24.7 Å². The van der Waals surface area contributed by atoms with E-state index in [1.165, 1.54) is 34.3 Å². The molecular weight excluding hydrogens is 629 g/mol. The van der Waals surface area contributed by atoms with Crippen molar-refractivity contribution in [1.82, 2.24) is 33.8 Å². The molecule has 0 saturated carbocycles. The number of aliphatic hydroxyl groups is 1. The standard InChI is InChI=1S/C22H26N9O11PS/c23-19-17-21(26-7-25-19)30(8-28-17)15-3-12-13(39-15)4-29-44(36,37)42-18-10(5-32)14(6-38-43(34,35)41-12)40-22(18)31-9-27-16-11(33)1-2-24-20(16)31/h2,7-10,12-15,18,22,29,32H,1,3-6H2,(H,34,35)(H2,23,25,26). The number of nitrogens with zero attached hydrogens (tertiary/aromatic N) is 7. The number of rotatable bonds is 3. The Labute approximate surface area is 248 Å². The molecule has 0 radical (unpaired) electrons. The number of imidazole rings is 2. The van der Waals surface area contributed by atoms with Gasteiger partial charge in [0.05, 0.1) is 32.0 Å².